The lowest BCUT2D eigenvalue weighted by atomic mass is 9.97. The largest absolute Gasteiger partial charge is 0.333 e. The smallest absolute Gasteiger partial charge is 0.156 e. The molecule has 0 bridgehead atoms. The molecular formula is C31H28FN. The van der Waals surface area contributed by atoms with E-state index in [1.807, 2.05) is 55.5 Å². The van der Waals surface area contributed by atoms with E-state index >= 15 is 4.39 Å². The van der Waals surface area contributed by atoms with Crippen molar-refractivity contribution in [3.05, 3.63) is 120 Å². The lowest BCUT2D eigenvalue weighted by molar-refractivity contribution is 0.635. The number of hydrogen-bond donors (Lipinski definition) is 0. The van der Waals surface area contributed by atoms with Gasteiger partial charge in [0.1, 0.15) is 0 Å². The van der Waals surface area contributed by atoms with Crippen molar-refractivity contribution >= 4 is 10.9 Å². The summed E-state index contributed by atoms with van der Waals surface area (Å²) in [4.78, 5) is 0. The summed E-state index contributed by atoms with van der Waals surface area (Å²) in [6.07, 6.45) is 2.21. The van der Waals surface area contributed by atoms with E-state index in [2.05, 4.69) is 60.0 Å². The normalized spacial score (nSPS) is 11.2. The van der Waals surface area contributed by atoms with Crippen LogP contribution in [0.15, 0.2) is 97.1 Å². The van der Waals surface area contributed by atoms with E-state index in [4.69, 9.17) is 0 Å². The van der Waals surface area contributed by atoms with Crippen LogP contribution in [0.4, 0.5) is 4.39 Å². The van der Waals surface area contributed by atoms with Crippen molar-refractivity contribution in [3.8, 4) is 22.4 Å². The van der Waals surface area contributed by atoms with Gasteiger partial charge in [-0.25, -0.2) is 4.39 Å². The molecule has 0 saturated carbocycles. The second-order valence-corrected chi connectivity index (χ2v) is 8.75. The molecule has 4 aromatic carbocycles. The fourth-order valence-electron chi connectivity index (χ4n) is 4.70. The van der Waals surface area contributed by atoms with Gasteiger partial charge in [0.15, 0.2) is 5.82 Å². The highest BCUT2D eigenvalue weighted by molar-refractivity contribution is 5.92. The van der Waals surface area contributed by atoms with Crippen LogP contribution >= 0.6 is 0 Å². The third-order valence-corrected chi connectivity index (χ3v) is 6.33. The van der Waals surface area contributed by atoms with Gasteiger partial charge in [-0.3, -0.25) is 0 Å². The predicted octanol–water partition coefficient (Wildman–Crippen LogP) is 8.42. The van der Waals surface area contributed by atoms with Crippen LogP contribution in [0.25, 0.3) is 33.3 Å². The van der Waals surface area contributed by atoms with Crippen molar-refractivity contribution in [3.63, 3.8) is 0 Å². The first-order valence-corrected chi connectivity index (χ1v) is 11.7. The fourth-order valence-corrected chi connectivity index (χ4v) is 4.70. The van der Waals surface area contributed by atoms with E-state index in [1.54, 1.807) is 0 Å². The monoisotopic (exact) mass is 433 g/mol. The van der Waals surface area contributed by atoms with Crippen molar-refractivity contribution in [2.75, 3.05) is 0 Å². The van der Waals surface area contributed by atoms with Gasteiger partial charge in [-0.05, 0) is 47.7 Å². The molecule has 0 aliphatic rings. The Balaban J connectivity index is 1.71. The summed E-state index contributed by atoms with van der Waals surface area (Å²) in [5, 5.41) is 0.676. The summed E-state index contributed by atoms with van der Waals surface area (Å²) in [7, 11) is 0. The fraction of sp³-hybridized carbons (Fsp3) is 0.161. The molecule has 0 radical (unpaired) electrons. The van der Waals surface area contributed by atoms with E-state index in [9.17, 15) is 0 Å². The predicted molar refractivity (Wildman–Crippen MR) is 137 cm³/mol. The number of benzene rings is 4. The number of rotatable bonds is 6. The van der Waals surface area contributed by atoms with Gasteiger partial charge in [-0.2, -0.15) is 0 Å². The molecule has 1 aromatic heterocycles. The number of hydrogen-bond acceptors (Lipinski definition) is 0. The van der Waals surface area contributed by atoms with Gasteiger partial charge in [-0.15, -0.1) is 0 Å². The maximum atomic E-state index is 16.1. The Morgan fingerprint density at radius 3 is 2.12 bits per heavy atom. The SMILES string of the molecule is CCCc1ccc(Cn2c(-c3ccccc3-c3ccccc3)c(F)c3cc(C)ccc32)cc1. The second kappa shape index (κ2) is 9.07. The summed E-state index contributed by atoms with van der Waals surface area (Å²) in [5.74, 6) is -0.153. The Kier molecular flexibility index (Phi) is 5.83. The maximum absolute atomic E-state index is 16.1. The molecule has 0 amide bonds. The van der Waals surface area contributed by atoms with Crippen LogP contribution < -0.4 is 0 Å². The summed E-state index contributed by atoms with van der Waals surface area (Å²) in [5.41, 5.74) is 8.19. The molecule has 0 spiro atoms. The highest BCUT2D eigenvalue weighted by Crippen LogP contribution is 2.38. The van der Waals surface area contributed by atoms with Gasteiger partial charge in [0.25, 0.3) is 0 Å². The lowest BCUT2D eigenvalue weighted by Gasteiger charge is -2.15. The topological polar surface area (TPSA) is 4.93 Å². The first kappa shape index (κ1) is 21.2. The van der Waals surface area contributed by atoms with Crippen LogP contribution in [0, 0.1) is 12.7 Å². The minimum absolute atomic E-state index is 0.153. The number of halogens is 1. The molecule has 0 atom stereocenters. The highest BCUT2D eigenvalue weighted by Gasteiger charge is 2.21. The molecule has 2 heteroatoms. The molecule has 1 heterocycles. The van der Waals surface area contributed by atoms with Gasteiger partial charge in [0, 0.05) is 17.5 Å². The molecule has 0 saturated heterocycles. The Bertz CT molecular complexity index is 1390. The third kappa shape index (κ3) is 4.09. The van der Waals surface area contributed by atoms with Crippen molar-refractivity contribution < 1.29 is 4.39 Å². The summed E-state index contributed by atoms with van der Waals surface area (Å²) >= 11 is 0. The Hall–Kier alpha value is -3.65. The molecule has 5 rings (SSSR count). The van der Waals surface area contributed by atoms with Crippen molar-refractivity contribution in [2.24, 2.45) is 0 Å². The zero-order valence-electron chi connectivity index (χ0n) is 19.2. The quantitative estimate of drug-likeness (QED) is 0.253. The standard InChI is InChI=1S/C31H28FN/c1-3-9-23-15-17-24(18-16-23)21-33-29-19-14-22(2)20-28(29)30(32)31(33)27-13-8-7-12-26(27)25-10-5-4-6-11-25/h4-8,10-20H,3,9,21H2,1-2H3. The first-order chi connectivity index (χ1) is 16.2. The summed E-state index contributed by atoms with van der Waals surface area (Å²) < 4.78 is 18.2. The van der Waals surface area contributed by atoms with Gasteiger partial charge in [-0.1, -0.05) is 104 Å². The van der Waals surface area contributed by atoms with E-state index in [0.717, 1.165) is 40.6 Å². The molecule has 0 aliphatic heterocycles. The van der Waals surface area contributed by atoms with Crippen molar-refractivity contribution in [1.82, 2.24) is 4.57 Å². The second-order valence-electron chi connectivity index (χ2n) is 8.75. The van der Waals surface area contributed by atoms with Gasteiger partial charge >= 0.3 is 0 Å². The van der Waals surface area contributed by atoms with E-state index in [-0.39, 0.29) is 5.82 Å². The minimum Gasteiger partial charge on any atom is -0.333 e. The summed E-state index contributed by atoms with van der Waals surface area (Å²) in [6.45, 7) is 4.83. The molecule has 1 nitrogen and oxygen atoms in total. The molecule has 164 valence electrons. The van der Waals surface area contributed by atoms with E-state index < -0.39 is 0 Å². The highest BCUT2D eigenvalue weighted by atomic mass is 19.1. The number of fused-ring (bicyclic) bond motifs is 1. The average Bonchev–Trinajstić information content (AvgIpc) is 3.11. The molecule has 0 N–H and O–H groups in total. The van der Waals surface area contributed by atoms with Crippen LogP contribution in [0.5, 0.6) is 0 Å². The lowest BCUT2D eigenvalue weighted by Crippen LogP contribution is -2.03. The van der Waals surface area contributed by atoms with Gasteiger partial charge in [0.2, 0.25) is 0 Å². The maximum Gasteiger partial charge on any atom is 0.156 e. The Morgan fingerprint density at radius 1 is 0.727 bits per heavy atom. The molecule has 5 aromatic rings. The van der Waals surface area contributed by atoms with Crippen LogP contribution in [0.1, 0.15) is 30.0 Å². The van der Waals surface area contributed by atoms with Gasteiger partial charge < -0.3 is 4.57 Å². The van der Waals surface area contributed by atoms with Crippen LogP contribution in [-0.2, 0) is 13.0 Å². The van der Waals surface area contributed by atoms with Gasteiger partial charge in [0.05, 0.1) is 11.2 Å². The Morgan fingerprint density at radius 2 is 1.39 bits per heavy atom. The van der Waals surface area contributed by atoms with Crippen molar-refractivity contribution in [1.29, 1.82) is 0 Å². The van der Waals surface area contributed by atoms with E-state index in [1.165, 1.54) is 11.1 Å². The van der Waals surface area contributed by atoms with Crippen LogP contribution in [-0.4, -0.2) is 4.57 Å². The molecule has 0 unspecified atom stereocenters. The zero-order valence-corrected chi connectivity index (χ0v) is 19.2. The number of aromatic nitrogens is 1. The molecule has 0 fully saturated rings. The molecule has 33 heavy (non-hydrogen) atoms. The zero-order chi connectivity index (χ0) is 22.8. The minimum atomic E-state index is -0.153. The summed E-state index contributed by atoms with van der Waals surface area (Å²) in [6, 6.07) is 33.2. The average molecular weight is 434 g/mol. The molecular weight excluding hydrogens is 405 g/mol. The number of aryl methyl sites for hydroxylation is 2. The number of nitrogens with zero attached hydrogens (tertiary/aromatic N) is 1. The molecule has 0 aliphatic carbocycles. The van der Waals surface area contributed by atoms with Crippen molar-refractivity contribution in [2.45, 2.75) is 33.2 Å². The van der Waals surface area contributed by atoms with Crippen LogP contribution in [0.3, 0.4) is 0 Å². The van der Waals surface area contributed by atoms with E-state index in [0.29, 0.717) is 17.6 Å². The third-order valence-electron chi connectivity index (χ3n) is 6.33. The first-order valence-electron chi connectivity index (χ1n) is 11.7. The Labute approximate surface area is 195 Å². The van der Waals surface area contributed by atoms with Crippen LogP contribution in [0.2, 0.25) is 0 Å².